The maximum Gasteiger partial charge on any atom is 0.0483 e. The van der Waals surface area contributed by atoms with Gasteiger partial charge in [-0.1, -0.05) is 0 Å². The predicted molar refractivity (Wildman–Crippen MR) is 17.4 cm³/mol. The normalized spacial score (nSPS) is 19.0. The number of hydrogen-bond acceptors (Lipinski definition) is 1. The van der Waals surface area contributed by atoms with E-state index in [0.29, 0.717) is 0 Å². The third-order valence-corrected chi connectivity index (χ3v) is 0. The molecule has 0 aliphatic rings. The number of rotatable bonds is 0. The van der Waals surface area contributed by atoms with Crippen LogP contribution in [0.5, 0.6) is 0 Å². The van der Waals surface area contributed by atoms with E-state index in [4.69, 9.17) is 6.48 Å². The van der Waals surface area contributed by atoms with Gasteiger partial charge in [0, 0.05) is 7.47 Å². The fraction of sp³-hybridized carbons (Fsp3) is 1.00. The van der Waals surface area contributed by atoms with Crippen LogP contribution in [0.15, 0.2) is 0 Å². The second-order valence-corrected chi connectivity index (χ2v) is 0.849. The number of aliphatic hydroxyl groups excluding tert-OH is 1. The Kier molecular flexibility index (Phi) is 0.718. The van der Waals surface area contributed by atoms with Crippen molar-refractivity contribution in [2.24, 2.45) is 0 Å². The van der Waals surface area contributed by atoms with Crippen LogP contribution in [-0.2, 0) is 0 Å². The van der Waals surface area contributed by atoms with Gasteiger partial charge in [0.15, 0.2) is 0 Å². The van der Waals surface area contributed by atoms with Gasteiger partial charge in [-0.2, -0.15) is 0 Å². The molecule has 1 unspecified atom stereocenters. The molecule has 1 nitrogen and oxygen atoms in total. The Balaban J connectivity index is 2.54. The molecule has 26 valence electrons. The average molecular weight is 62.1 g/mol. The summed E-state index contributed by atoms with van der Waals surface area (Å²) in [6.07, 6.45) is -0.449. The minimum atomic E-state index is -0.449. The van der Waals surface area contributed by atoms with Gasteiger partial charge < -0.3 is 5.11 Å². The molecule has 0 heterocycles. The lowest BCUT2D eigenvalue weighted by atomic mass is 10.5. The first-order valence-electron chi connectivity index (χ1n) is 1.95. The Hall–Kier alpha value is -0.0400. The van der Waals surface area contributed by atoms with Crippen LogP contribution in [0.1, 0.15) is 15.2 Å². The van der Waals surface area contributed by atoms with E-state index in [2.05, 4.69) is 0 Å². The number of aliphatic hydroxyl groups is 1. The smallest absolute Gasteiger partial charge is 0.0483 e. The second-order valence-electron chi connectivity index (χ2n) is 0.849. The van der Waals surface area contributed by atoms with Gasteiger partial charge in [-0.05, 0) is 13.8 Å². The molecule has 1 atom stereocenters. The summed E-state index contributed by atoms with van der Waals surface area (Å²) in [4.78, 5) is 0. The van der Waals surface area contributed by atoms with Crippen LogP contribution >= 0.6 is 0 Å². The fourth-order valence-electron chi connectivity index (χ4n) is 0. The maximum absolute atomic E-state index is 8.17. The molecule has 0 saturated carbocycles. The molecule has 1 heteroatoms. The van der Waals surface area contributed by atoms with Crippen molar-refractivity contribution in [3.63, 3.8) is 0 Å². The zero-order valence-electron chi connectivity index (χ0n) is 3.73. The summed E-state index contributed by atoms with van der Waals surface area (Å²) in [6, 6.07) is 0. The van der Waals surface area contributed by atoms with Crippen LogP contribution in [0.4, 0.5) is 0 Å². The van der Waals surface area contributed by atoms with E-state index >= 15 is 0 Å². The van der Waals surface area contributed by atoms with Gasteiger partial charge in [-0.3, -0.25) is 0 Å². The van der Waals surface area contributed by atoms with E-state index in [1.54, 1.807) is 6.92 Å². The van der Waals surface area contributed by atoms with E-state index in [0.717, 1.165) is 0 Å². The van der Waals surface area contributed by atoms with Gasteiger partial charge in [-0.25, -0.2) is 0 Å². The predicted octanol–water partition coefficient (Wildman–Crippen LogP) is 0.387. The highest BCUT2D eigenvalue weighted by Crippen LogP contribution is 1.65. The standard InChI is InChI=1S/C3H8O/c1-3(2)4/h3-4H,1-2H3/i1T. The molecular weight excluding hydrogens is 52.0 g/mol. The largest absolute Gasteiger partial charge is 0.394 e. The average Bonchev–Trinajstić information content (AvgIpc) is 1.38. The van der Waals surface area contributed by atoms with Crippen LogP contribution in [0, 0.1) is 0 Å². The molecule has 0 rings (SSSR count). The first-order chi connectivity index (χ1) is 2.27. The lowest BCUT2D eigenvalue weighted by Gasteiger charge is -1.80. The van der Waals surface area contributed by atoms with Crippen molar-refractivity contribution in [1.82, 2.24) is 0 Å². The molecule has 0 spiro atoms. The van der Waals surface area contributed by atoms with Gasteiger partial charge in [0.2, 0.25) is 0 Å². The van der Waals surface area contributed by atoms with E-state index < -0.39 is 6.10 Å². The fourth-order valence-corrected chi connectivity index (χ4v) is 0. The lowest BCUT2D eigenvalue weighted by Crippen LogP contribution is -1.85. The quantitative estimate of drug-likeness (QED) is 0.430. The molecule has 0 aromatic heterocycles. The Bertz CT molecular complexity index is 20.9. The third kappa shape index (κ3) is 1130. The summed E-state index contributed by atoms with van der Waals surface area (Å²) in [5.41, 5.74) is 0. The number of hydrogen-bond donors (Lipinski definition) is 1. The van der Waals surface area contributed by atoms with Crippen molar-refractivity contribution in [3.05, 3.63) is 0 Å². The summed E-state index contributed by atoms with van der Waals surface area (Å²) < 4.78 is 6.41. The highest BCUT2D eigenvalue weighted by atomic mass is 16.3. The molecule has 0 bridgehead atoms. The Labute approximate surface area is 27.7 Å². The molecule has 0 amide bonds. The van der Waals surface area contributed by atoms with Crippen molar-refractivity contribution >= 4 is 0 Å². The summed E-state index contributed by atoms with van der Waals surface area (Å²) in [6.45, 7) is 1.70. The Morgan fingerprint density at radius 3 is 2.50 bits per heavy atom. The van der Waals surface area contributed by atoms with Gasteiger partial charge in [0.1, 0.15) is 0 Å². The van der Waals surface area contributed by atoms with Gasteiger partial charge in [0.05, 0.1) is 0 Å². The first kappa shape index (κ1) is 2.21. The maximum atomic E-state index is 8.17. The van der Waals surface area contributed by atoms with Crippen molar-refractivity contribution in [3.8, 4) is 0 Å². The van der Waals surface area contributed by atoms with Crippen LogP contribution in [0.3, 0.4) is 0 Å². The van der Waals surface area contributed by atoms with Crippen molar-refractivity contribution < 1.29 is 6.48 Å². The van der Waals surface area contributed by atoms with Crippen molar-refractivity contribution in [2.75, 3.05) is 0 Å². The Morgan fingerprint density at radius 2 is 2.50 bits per heavy atom. The first-order valence-corrected chi connectivity index (χ1v) is 1.24. The molecule has 4 heavy (non-hydrogen) atoms. The second kappa shape index (κ2) is 1.30. The van der Waals surface area contributed by atoms with E-state index in [1.165, 1.54) is 0 Å². The summed E-state index contributed by atoms with van der Waals surface area (Å²) in [7, 11) is 0. The van der Waals surface area contributed by atoms with E-state index in [1.807, 2.05) is 0 Å². The third-order valence-electron chi connectivity index (χ3n) is 0. The summed E-state index contributed by atoms with van der Waals surface area (Å²) >= 11 is 0. The van der Waals surface area contributed by atoms with Crippen molar-refractivity contribution in [2.45, 2.75) is 19.9 Å². The SMILES string of the molecule is [3H]CC(C)O. The van der Waals surface area contributed by atoms with Gasteiger partial charge in [0.25, 0.3) is 0 Å². The highest BCUT2D eigenvalue weighted by molar-refractivity contribution is 4.20. The molecule has 1 N–H and O–H groups in total. The zero-order chi connectivity index (χ0) is 4.28. The molecule has 0 radical (unpaired) electrons. The van der Waals surface area contributed by atoms with Gasteiger partial charge in [-0.15, -0.1) is 0 Å². The highest BCUT2D eigenvalue weighted by Gasteiger charge is 1.69. The molecule has 0 saturated heterocycles. The van der Waals surface area contributed by atoms with Crippen LogP contribution in [0.2, 0.25) is 0 Å². The van der Waals surface area contributed by atoms with Crippen LogP contribution in [-0.4, -0.2) is 11.2 Å². The molecular formula is C3H8O. The molecule has 0 fully saturated rings. The Morgan fingerprint density at radius 1 is 2.25 bits per heavy atom. The molecule has 0 aromatic rings. The molecule has 0 aliphatic heterocycles. The topological polar surface area (TPSA) is 20.2 Å². The zero-order valence-corrected chi connectivity index (χ0v) is 2.73. The minimum Gasteiger partial charge on any atom is -0.394 e. The van der Waals surface area contributed by atoms with Crippen molar-refractivity contribution in [1.29, 1.82) is 0 Å². The monoisotopic (exact) mass is 62.1 g/mol. The molecule has 0 aliphatic carbocycles. The summed E-state index contributed by atoms with van der Waals surface area (Å²) in [5, 5.41) is 8.17. The summed E-state index contributed by atoms with van der Waals surface area (Å²) in [5.74, 6) is 0. The van der Waals surface area contributed by atoms with Gasteiger partial charge >= 0.3 is 0 Å². The van der Waals surface area contributed by atoms with E-state index in [9.17, 15) is 0 Å². The minimum absolute atomic E-state index is 0.111. The molecule has 0 aromatic carbocycles. The van der Waals surface area contributed by atoms with E-state index in [-0.39, 0.29) is 6.90 Å². The van der Waals surface area contributed by atoms with Crippen LogP contribution in [0.25, 0.3) is 0 Å². The lowest BCUT2D eigenvalue weighted by molar-refractivity contribution is 0.216. The van der Waals surface area contributed by atoms with Crippen LogP contribution < -0.4 is 0 Å².